The van der Waals surface area contributed by atoms with E-state index < -0.39 is 0 Å². The second-order valence-corrected chi connectivity index (χ2v) is 6.44. The summed E-state index contributed by atoms with van der Waals surface area (Å²) in [5.74, 6) is 1.75. The molecule has 0 saturated heterocycles. The molecule has 128 valence electrons. The largest absolute Gasteiger partial charge is 0.269 e. The first-order valence-corrected chi connectivity index (χ1v) is 8.48. The average Bonchev–Trinajstić information content (AvgIpc) is 3.29. The van der Waals surface area contributed by atoms with Crippen LogP contribution in [0.2, 0.25) is 0 Å². The number of allylic oxidation sites excluding steroid dienone is 8. The number of hydrogen-bond acceptors (Lipinski definition) is 0. The molecule has 0 spiro atoms. The number of hydrogen-bond donors (Lipinski definition) is 0. The molecular formula is C20H28Cl2Hf-2. The van der Waals surface area contributed by atoms with Crippen LogP contribution in [0.15, 0.2) is 35.5 Å². The van der Waals surface area contributed by atoms with Gasteiger partial charge < -0.3 is 0 Å². The van der Waals surface area contributed by atoms with Gasteiger partial charge in [0.2, 0.25) is 0 Å². The Kier molecular flexibility index (Phi) is 13.0. The molecule has 4 rings (SSSR count). The molecule has 23 heavy (non-hydrogen) atoms. The van der Waals surface area contributed by atoms with Crippen molar-refractivity contribution in [1.29, 1.82) is 0 Å². The first kappa shape index (κ1) is 23.4. The fourth-order valence-corrected chi connectivity index (χ4v) is 3.88. The summed E-state index contributed by atoms with van der Waals surface area (Å²) in [5.41, 5.74) is 3.00. The van der Waals surface area contributed by atoms with Gasteiger partial charge in [0.05, 0.1) is 0 Å². The van der Waals surface area contributed by atoms with Gasteiger partial charge in [-0.3, -0.25) is 12.2 Å². The fourth-order valence-electron chi connectivity index (χ4n) is 3.88. The third kappa shape index (κ3) is 7.04. The van der Waals surface area contributed by atoms with Crippen LogP contribution in [0.3, 0.4) is 0 Å². The third-order valence-electron chi connectivity index (χ3n) is 5.03. The molecule has 0 heterocycles. The maximum Gasteiger partial charge on any atom is 0 e. The molecule has 0 unspecified atom stereocenters. The summed E-state index contributed by atoms with van der Waals surface area (Å²) >= 11 is 0. The maximum absolute atomic E-state index is 3.40. The van der Waals surface area contributed by atoms with Crippen LogP contribution in [-0.2, 0) is 25.8 Å². The van der Waals surface area contributed by atoms with Crippen LogP contribution in [0.5, 0.6) is 0 Å². The molecule has 0 aromatic heterocycles. The second kappa shape index (κ2) is 12.7. The van der Waals surface area contributed by atoms with Crippen molar-refractivity contribution >= 4 is 24.8 Å². The summed E-state index contributed by atoms with van der Waals surface area (Å²) in [5, 5.41) is 0. The Bertz CT molecular complexity index is 395. The minimum absolute atomic E-state index is 0. The quantitative estimate of drug-likeness (QED) is 0.287. The van der Waals surface area contributed by atoms with Crippen molar-refractivity contribution in [3.63, 3.8) is 0 Å². The van der Waals surface area contributed by atoms with E-state index in [-0.39, 0.29) is 50.7 Å². The molecule has 4 aliphatic rings. The molecule has 0 N–H and O–H groups in total. The second-order valence-electron chi connectivity index (χ2n) is 6.44. The fraction of sp³-hybridized carbons (Fsp3) is 0.600. The maximum atomic E-state index is 3.40. The van der Waals surface area contributed by atoms with Crippen LogP contribution in [0.4, 0.5) is 0 Å². The zero-order chi connectivity index (χ0) is 13.6. The van der Waals surface area contributed by atoms with Crippen molar-refractivity contribution in [2.45, 2.75) is 64.2 Å². The van der Waals surface area contributed by atoms with E-state index in [9.17, 15) is 0 Å². The van der Waals surface area contributed by atoms with Crippen LogP contribution in [0, 0.1) is 24.0 Å². The molecule has 0 aromatic carbocycles. The zero-order valence-corrected chi connectivity index (χ0v) is 19.1. The van der Waals surface area contributed by atoms with Crippen molar-refractivity contribution in [3.05, 3.63) is 47.6 Å². The van der Waals surface area contributed by atoms with E-state index in [0.717, 1.165) is 24.7 Å². The Balaban J connectivity index is 0.000000372. The summed E-state index contributed by atoms with van der Waals surface area (Å²) in [7, 11) is 0. The molecule has 0 aromatic rings. The van der Waals surface area contributed by atoms with E-state index in [1.165, 1.54) is 62.5 Å². The van der Waals surface area contributed by atoms with Crippen molar-refractivity contribution in [2.75, 3.05) is 0 Å². The van der Waals surface area contributed by atoms with E-state index in [1.807, 2.05) is 0 Å². The first-order valence-electron chi connectivity index (χ1n) is 8.48. The summed E-state index contributed by atoms with van der Waals surface area (Å²) < 4.78 is 0. The Morgan fingerprint density at radius 2 is 1.00 bits per heavy atom. The monoisotopic (exact) mass is 518 g/mol. The van der Waals surface area contributed by atoms with E-state index in [0.29, 0.717) is 0 Å². The van der Waals surface area contributed by atoms with E-state index in [4.69, 9.17) is 0 Å². The molecule has 0 aliphatic heterocycles. The summed E-state index contributed by atoms with van der Waals surface area (Å²) in [4.78, 5) is 0. The van der Waals surface area contributed by atoms with Crippen LogP contribution >= 0.6 is 24.8 Å². The third-order valence-corrected chi connectivity index (χ3v) is 5.03. The van der Waals surface area contributed by atoms with Gasteiger partial charge in [0.25, 0.3) is 0 Å². The number of rotatable bonds is 2. The minimum Gasteiger partial charge on any atom is -0.269 e. The standard InChI is InChI=1S/2C10H13.2ClH.Hf/c2*1-2-6-9(5-1)10-7-3-4-8-10;;;/h2*1,5,10H,2-4,7-8H2;2*1H;/q2*-1;;;. The molecule has 2 saturated carbocycles. The Morgan fingerprint density at radius 3 is 1.26 bits per heavy atom. The number of halogens is 2. The normalized spacial score (nSPS) is 22.4. The van der Waals surface area contributed by atoms with Gasteiger partial charge in [-0.15, -0.1) is 37.7 Å². The summed E-state index contributed by atoms with van der Waals surface area (Å²) in [6, 6.07) is 0. The molecule has 0 bridgehead atoms. The molecule has 0 nitrogen and oxygen atoms in total. The van der Waals surface area contributed by atoms with Crippen LogP contribution in [-0.4, -0.2) is 0 Å². The Labute approximate surface area is 173 Å². The Hall–Kier alpha value is 0.410. The van der Waals surface area contributed by atoms with Crippen molar-refractivity contribution in [1.82, 2.24) is 0 Å². The summed E-state index contributed by atoms with van der Waals surface area (Å²) in [6.07, 6.45) is 29.3. The van der Waals surface area contributed by atoms with Crippen molar-refractivity contribution < 1.29 is 25.8 Å². The molecule has 2 fully saturated rings. The topological polar surface area (TPSA) is 0 Å². The molecule has 0 atom stereocenters. The molecule has 0 radical (unpaired) electrons. The predicted molar refractivity (Wildman–Crippen MR) is 99.4 cm³/mol. The van der Waals surface area contributed by atoms with Gasteiger partial charge in [0.1, 0.15) is 0 Å². The first-order chi connectivity index (χ1) is 9.93. The van der Waals surface area contributed by atoms with Gasteiger partial charge in [-0.05, 0) is 37.5 Å². The van der Waals surface area contributed by atoms with Crippen LogP contribution in [0.1, 0.15) is 64.2 Å². The van der Waals surface area contributed by atoms with E-state index >= 15 is 0 Å². The van der Waals surface area contributed by atoms with Gasteiger partial charge in [-0.25, -0.2) is 23.3 Å². The molecule has 0 amide bonds. The van der Waals surface area contributed by atoms with Gasteiger partial charge in [0, 0.05) is 25.8 Å². The van der Waals surface area contributed by atoms with Gasteiger partial charge in [-0.2, -0.15) is 12.2 Å². The Morgan fingerprint density at radius 1 is 0.652 bits per heavy atom. The van der Waals surface area contributed by atoms with Crippen LogP contribution < -0.4 is 0 Å². The van der Waals surface area contributed by atoms with E-state index in [2.05, 4.69) is 36.5 Å². The van der Waals surface area contributed by atoms with Gasteiger partial charge >= 0.3 is 0 Å². The predicted octanol–water partition coefficient (Wildman–Crippen LogP) is 6.57. The van der Waals surface area contributed by atoms with E-state index in [1.54, 1.807) is 0 Å². The average molecular weight is 518 g/mol. The van der Waals surface area contributed by atoms with Gasteiger partial charge in [-0.1, -0.05) is 25.7 Å². The molecular weight excluding hydrogens is 490 g/mol. The van der Waals surface area contributed by atoms with Crippen molar-refractivity contribution in [2.24, 2.45) is 11.8 Å². The van der Waals surface area contributed by atoms with Gasteiger partial charge in [0.15, 0.2) is 0 Å². The molecule has 4 aliphatic carbocycles. The van der Waals surface area contributed by atoms with Crippen molar-refractivity contribution in [3.8, 4) is 0 Å². The van der Waals surface area contributed by atoms with Crippen LogP contribution in [0.25, 0.3) is 0 Å². The SMILES string of the molecule is Cl.Cl.[C-]1=C(C2CCCC2)C=CC1.[C-]1=C(C2CCCC2)C=CC1.[Hf]. The summed E-state index contributed by atoms with van der Waals surface area (Å²) in [6.45, 7) is 0. The zero-order valence-electron chi connectivity index (χ0n) is 13.9. The molecule has 3 heteroatoms. The minimum atomic E-state index is 0. The smallest absolute Gasteiger partial charge is 0 e.